The number of halogens is 1. The number of aliphatic hydroxyl groups is 1. The standard InChI is InChI=1S/C14H20ClNO2/c1-4-14(3,5-6-17)16-13(18)11-7-10(2)8-12(15)9-11/h7-9,17H,4-6H2,1-3H3,(H,16,18). The van der Waals surface area contributed by atoms with Gasteiger partial charge in [0.1, 0.15) is 0 Å². The Balaban J connectivity index is 2.87. The summed E-state index contributed by atoms with van der Waals surface area (Å²) in [5.74, 6) is -0.154. The first-order valence-corrected chi connectivity index (χ1v) is 6.48. The highest BCUT2D eigenvalue weighted by Crippen LogP contribution is 2.18. The molecule has 1 unspecified atom stereocenters. The van der Waals surface area contributed by atoms with Gasteiger partial charge in [0.15, 0.2) is 0 Å². The van der Waals surface area contributed by atoms with Crippen molar-refractivity contribution in [1.29, 1.82) is 0 Å². The summed E-state index contributed by atoms with van der Waals surface area (Å²) in [7, 11) is 0. The van der Waals surface area contributed by atoms with Gasteiger partial charge in [-0.15, -0.1) is 0 Å². The van der Waals surface area contributed by atoms with Crippen LogP contribution in [-0.4, -0.2) is 23.2 Å². The minimum atomic E-state index is -0.387. The minimum absolute atomic E-state index is 0.0548. The van der Waals surface area contributed by atoms with E-state index in [-0.39, 0.29) is 18.1 Å². The molecule has 0 aliphatic rings. The quantitative estimate of drug-likeness (QED) is 0.863. The number of aryl methyl sites for hydroxylation is 1. The molecule has 100 valence electrons. The summed E-state index contributed by atoms with van der Waals surface area (Å²) in [5, 5.41) is 12.5. The number of carbonyl (C=O) groups is 1. The summed E-state index contributed by atoms with van der Waals surface area (Å²) in [5.41, 5.74) is 1.12. The maximum atomic E-state index is 12.1. The molecule has 3 nitrogen and oxygen atoms in total. The van der Waals surface area contributed by atoms with Crippen LogP contribution < -0.4 is 5.32 Å². The number of benzene rings is 1. The molecule has 18 heavy (non-hydrogen) atoms. The third-order valence-corrected chi connectivity index (χ3v) is 3.38. The first-order valence-electron chi connectivity index (χ1n) is 6.11. The van der Waals surface area contributed by atoms with E-state index in [1.165, 1.54) is 0 Å². The van der Waals surface area contributed by atoms with Crippen molar-refractivity contribution in [3.8, 4) is 0 Å². The monoisotopic (exact) mass is 269 g/mol. The molecule has 1 rings (SSSR count). The molecule has 4 heteroatoms. The average molecular weight is 270 g/mol. The fraction of sp³-hybridized carbons (Fsp3) is 0.500. The number of aliphatic hydroxyl groups excluding tert-OH is 1. The van der Waals surface area contributed by atoms with E-state index in [4.69, 9.17) is 16.7 Å². The van der Waals surface area contributed by atoms with Crippen LogP contribution in [0.5, 0.6) is 0 Å². The lowest BCUT2D eigenvalue weighted by Gasteiger charge is -2.29. The molecular formula is C14H20ClNO2. The van der Waals surface area contributed by atoms with Gasteiger partial charge >= 0.3 is 0 Å². The Morgan fingerprint density at radius 3 is 2.61 bits per heavy atom. The molecule has 1 amide bonds. The molecule has 0 bridgehead atoms. The fourth-order valence-electron chi connectivity index (χ4n) is 1.79. The Morgan fingerprint density at radius 2 is 2.11 bits per heavy atom. The number of carbonyl (C=O) groups excluding carboxylic acids is 1. The highest BCUT2D eigenvalue weighted by atomic mass is 35.5. The lowest BCUT2D eigenvalue weighted by molar-refractivity contribution is 0.0886. The molecule has 1 atom stereocenters. The summed E-state index contributed by atoms with van der Waals surface area (Å²) in [6.07, 6.45) is 1.30. The molecular weight excluding hydrogens is 250 g/mol. The van der Waals surface area contributed by atoms with E-state index in [2.05, 4.69) is 5.32 Å². The van der Waals surface area contributed by atoms with Crippen molar-refractivity contribution in [3.05, 3.63) is 34.3 Å². The normalized spacial score (nSPS) is 14.1. The van der Waals surface area contributed by atoms with Gasteiger partial charge in [0.05, 0.1) is 0 Å². The van der Waals surface area contributed by atoms with E-state index in [0.717, 1.165) is 12.0 Å². The molecule has 0 aromatic heterocycles. The van der Waals surface area contributed by atoms with E-state index in [1.54, 1.807) is 12.1 Å². The number of amides is 1. The molecule has 2 N–H and O–H groups in total. The zero-order chi connectivity index (χ0) is 13.8. The smallest absolute Gasteiger partial charge is 0.251 e. The van der Waals surface area contributed by atoms with Crippen LogP contribution in [0, 0.1) is 6.92 Å². The molecule has 0 spiro atoms. The van der Waals surface area contributed by atoms with Crippen LogP contribution in [0.3, 0.4) is 0 Å². The van der Waals surface area contributed by atoms with Crippen LogP contribution in [0.2, 0.25) is 5.02 Å². The molecule has 0 fully saturated rings. The summed E-state index contributed by atoms with van der Waals surface area (Å²) in [6, 6.07) is 5.26. The van der Waals surface area contributed by atoms with Gasteiger partial charge in [-0.2, -0.15) is 0 Å². The van der Waals surface area contributed by atoms with Gasteiger partial charge < -0.3 is 10.4 Å². The van der Waals surface area contributed by atoms with Gasteiger partial charge in [0, 0.05) is 22.7 Å². The first-order chi connectivity index (χ1) is 8.40. The van der Waals surface area contributed by atoms with Gasteiger partial charge in [0.2, 0.25) is 0 Å². The van der Waals surface area contributed by atoms with E-state index < -0.39 is 0 Å². The van der Waals surface area contributed by atoms with E-state index in [9.17, 15) is 4.79 Å². The number of hydrogen-bond donors (Lipinski definition) is 2. The second kappa shape index (κ2) is 6.21. The third kappa shape index (κ3) is 4.00. The van der Waals surface area contributed by atoms with Crippen molar-refractivity contribution in [2.24, 2.45) is 0 Å². The molecule has 0 heterocycles. The van der Waals surface area contributed by atoms with Gasteiger partial charge in [-0.3, -0.25) is 4.79 Å². The van der Waals surface area contributed by atoms with Crippen LogP contribution in [0.15, 0.2) is 18.2 Å². The second-order valence-electron chi connectivity index (χ2n) is 4.86. The predicted octanol–water partition coefficient (Wildman–Crippen LogP) is 2.93. The minimum Gasteiger partial charge on any atom is -0.396 e. The van der Waals surface area contributed by atoms with Gasteiger partial charge in [0.25, 0.3) is 5.91 Å². The zero-order valence-electron chi connectivity index (χ0n) is 11.1. The van der Waals surface area contributed by atoms with Gasteiger partial charge in [-0.05, 0) is 50.5 Å². The van der Waals surface area contributed by atoms with E-state index in [1.807, 2.05) is 26.8 Å². The van der Waals surface area contributed by atoms with Gasteiger partial charge in [-0.1, -0.05) is 18.5 Å². The highest BCUT2D eigenvalue weighted by molar-refractivity contribution is 6.31. The molecule has 0 saturated carbocycles. The first kappa shape index (κ1) is 15.0. The van der Waals surface area contributed by atoms with Crippen molar-refractivity contribution in [3.63, 3.8) is 0 Å². The molecule has 0 saturated heterocycles. The van der Waals surface area contributed by atoms with Crippen molar-refractivity contribution in [2.45, 2.75) is 39.2 Å². The maximum Gasteiger partial charge on any atom is 0.251 e. The largest absolute Gasteiger partial charge is 0.396 e. The third-order valence-electron chi connectivity index (χ3n) is 3.16. The van der Waals surface area contributed by atoms with Gasteiger partial charge in [-0.25, -0.2) is 0 Å². The Labute approximate surface area is 113 Å². The predicted molar refractivity (Wildman–Crippen MR) is 74.1 cm³/mol. The van der Waals surface area contributed by atoms with Crippen molar-refractivity contribution >= 4 is 17.5 Å². The summed E-state index contributed by atoms with van der Waals surface area (Å²) in [6.45, 7) is 5.87. The van der Waals surface area contributed by atoms with Crippen LogP contribution in [0.4, 0.5) is 0 Å². The molecule has 1 aromatic rings. The lowest BCUT2D eigenvalue weighted by atomic mass is 9.94. The van der Waals surface area contributed by atoms with Crippen molar-refractivity contribution in [1.82, 2.24) is 5.32 Å². The zero-order valence-corrected chi connectivity index (χ0v) is 11.8. The molecule has 0 aliphatic carbocycles. The highest BCUT2D eigenvalue weighted by Gasteiger charge is 2.24. The van der Waals surface area contributed by atoms with Crippen LogP contribution in [0.25, 0.3) is 0 Å². The number of nitrogens with one attached hydrogen (secondary N) is 1. The summed E-state index contributed by atoms with van der Waals surface area (Å²) >= 11 is 5.94. The maximum absolute atomic E-state index is 12.1. The number of rotatable bonds is 5. The lowest BCUT2D eigenvalue weighted by Crippen LogP contribution is -2.46. The van der Waals surface area contributed by atoms with Crippen molar-refractivity contribution < 1.29 is 9.90 Å². The van der Waals surface area contributed by atoms with E-state index in [0.29, 0.717) is 17.0 Å². The Bertz CT molecular complexity index is 414. The average Bonchev–Trinajstić information content (AvgIpc) is 2.28. The van der Waals surface area contributed by atoms with E-state index >= 15 is 0 Å². The van der Waals surface area contributed by atoms with Crippen molar-refractivity contribution in [2.75, 3.05) is 6.61 Å². The van der Waals surface area contributed by atoms with Crippen LogP contribution >= 0.6 is 11.6 Å². The Kier molecular flexibility index (Phi) is 5.17. The summed E-state index contributed by atoms with van der Waals surface area (Å²) in [4.78, 5) is 12.1. The fourth-order valence-corrected chi connectivity index (χ4v) is 2.08. The topological polar surface area (TPSA) is 49.3 Å². The molecule has 0 radical (unpaired) electrons. The van der Waals surface area contributed by atoms with Crippen LogP contribution in [-0.2, 0) is 0 Å². The summed E-state index contributed by atoms with van der Waals surface area (Å²) < 4.78 is 0. The van der Waals surface area contributed by atoms with Crippen LogP contribution in [0.1, 0.15) is 42.6 Å². The Hall–Kier alpha value is -1.06. The second-order valence-corrected chi connectivity index (χ2v) is 5.30. The molecule has 0 aliphatic heterocycles. The Morgan fingerprint density at radius 1 is 1.44 bits per heavy atom. The SMILES string of the molecule is CCC(C)(CCO)NC(=O)c1cc(C)cc(Cl)c1. The number of hydrogen-bond acceptors (Lipinski definition) is 2. The molecule has 1 aromatic carbocycles.